The van der Waals surface area contributed by atoms with Gasteiger partial charge in [-0.2, -0.15) is 5.10 Å². The number of aromatic amines is 1. The Kier molecular flexibility index (Phi) is 10.4. The van der Waals surface area contributed by atoms with E-state index in [0.29, 0.717) is 59.7 Å². The average molecular weight is 556 g/mol. The molecule has 39 heavy (non-hydrogen) atoms. The van der Waals surface area contributed by atoms with Crippen molar-refractivity contribution in [2.24, 2.45) is 11.5 Å². The highest BCUT2D eigenvalue weighted by Gasteiger charge is 2.26. The Morgan fingerprint density at radius 2 is 2.15 bits per heavy atom. The lowest BCUT2D eigenvalue weighted by atomic mass is 9.96. The predicted molar refractivity (Wildman–Crippen MR) is 152 cm³/mol. The summed E-state index contributed by atoms with van der Waals surface area (Å²) in [6.45, 7) is 5.91. The van der Waals surface area contributed by atoms with Crippen molar-refractivity contribution < 1.29 is 19.1 Å². The van der Waals surface area contributed by atoms with E-state index in [2.05, 4.69) is 33.9 Å². The summed E-state index contributed by atoms with van der Waals surface area (Å²) >= 11 is 6.39. The number of hydrogen-bond donors (Lipinski definition) is 5. The standard InChI is InChI=1S/C18H19ClN6O2.C9H15NO2/c1-23-18-16(17(22)26)15(24-25-18)3-2-9-6-13(20)11(7-12(9)19)10-4-5-27-8-14(10)21;1-3-9(11)10-6-4-5-8(10)7-12-2/h6-7H,4-5,8,20-21H2,1H3,(H2,22,26)(H2,23,24,25);3,8H,1,4-7H2,2H3. The van der Waals surface area contributed by atoms with Crippen molar-refractivity contribution >= 4 is 40.5 Å². The quantitative estimate of drug-likeness (QED) is 0.204. The van der Waals surface area contributed by atoms with Gasteiger partial charge in [-0.05, 0) is 49.0 Å². The van der Waals surface area contributed by atoms with Gasteiger partial charge >= 0.3 is 0 Å². The first-order valence-electron chi connectivity index (χ1n) is 12.4. The Morgan fingerprint density at radius 3 is 2.79 bits per heavy atom. The number of nitrogens with two attached hydrogens (primary N) is 3. The van der Waals surface area contributed by atoms with Gasteiger partial charge in [-0.3, -0.25) is 14.7 Å². The minimum Gasteiger partial charge on any atom is -0.400 e. The van der Waals surface area contributed by atoms with Crippen LogP contribution < -0.4 is 22.5 Å². The van der Waals surface area contributed by atoms with Gasteiger partial charge in [0.2, 0.25) is 5.91 Å². The third-order valence-corrected chi connectivity index (χ3v) is 6.68. The normalized spacial score (nSPS) is 16.6. The molecule has 2 aromatic rings. The van der Waals surface area contributed by atoms with Crippen molar-refractivity contribution in [3.63, 3.8) is 0 Å². The largest absolute Gasteiger partial charge is 0.400 e. The van der Waals surface area contributed by atoms with Crippen LogP contribution in [0.1, 0.15) is 46.4 Å². The smallest absolute Gasteiger partial charge is 0.255 e. The lowest BCUT2D eigenvalue weighted by Crippen LogP contribution is -2.36. The van der Waals surface area contributed by atoms with Crippen molar-refractivity contribution in [2.75, 3.05) is 51.6 Å². The van der Waals surface area contributed by atoms with Gasteiger partial charge in [-0.1, -0.05) is 24.1 Å². The van der Waals surface area contributed by atoms with Crippen LogP contribution in [0, 0.1) is 11.8 Å². The molecule has 0 spiro atoms. The lowest BCUT2D eigenvalue weighted by Gasteiger charge is -2.22. The van der Waals surface area contributed by atoms with Crippen LogP contribution in [0.4, 0.5) is 11.5 Å². The maximum atomic E-state index is 11.6. The molecule has 1 aromatic carbocycles. The lowest BCUT2D eigenvalue weighted by molar-refractivity contribution is -0.127. The van der Waals surface area contributed by atoms with E-state index in [9.17, 15) is 9.59 Å². The molecule has 208 valence electrons. The number of nitrogen functional groups attached to an aromatic ring is 1. The molecular formula is C27H34ClN7O4. The number of nitrogens with zero attached hydrogens (tertiary/aromatic N) is 2. The van der Waals surface area contributed by atoms with E-state index in [1.54, 1.807) is 26.3 Å². The van der Waals surface area contributed by atoms with Gasteiger partial charge in [-0.15, -0.1) is 0 Å². The molecule has 4 rings (SSSR count). The number of likely N-dealkylation sites (tertiary alicyclic amines) is 1. The molecule has 8 N–H and O–H groups in total. The summed E-state index contributed by atoms with van der Waals surface area (Å²) in [4.78, 5) is 24.7. The minimum atomic E-state index is -0.639. The highest BCUT2D eigenvalue weighted by molar-refractivity contribution is 6.32. The Bertz CT molecular complexity index is 1330. The second kappa shape index (κ2) is 13.7. The molecule has 1 fully saturated rings. The van der Waals surface area contributed by atoms with E-state index in [4.69, 9.17) is 38.3 Å². The molecule has 1 atom stereocenters. The molecule has 0 saturated carbocycles. The van der Waals surface area contributed by atoms with E-state index in [0.717, 1.165) is 30.5 Å². The number of carbonyl (C=O) groups is 2. The maximum Gasteiger partial charge on any atom is 0.255 e. The van der Waals surface area contributed by atoms with Crippen molar-refractivity contribution in [2.45, 2.75) is 25.3 Å². The number of nitrogens with one attached hydrogen (secondary N) is 2. The van der Waals surface area contributed by atoms with Crippen LogP contribution in [0.5, 0.6) is 0 Å². The van der Waals surface area contributed by atoms with E-state index in [-0.39, 0.29) is 17.5 Å². The van der Waals surface area contributed by atoms with E-state index < -0.39 is 5.91 Å². The zero-order chi connectivity index (χ0) is 28.5. The molecule has 12 heteroatoms. The number of ether oxygens (including phenoxy) is 2. The molecule has 1 aromatic heterocycles. The van der Waals surface area contributed by atoms with Crippen molar-refractivity contribution in [3.05, 3.63) is 57.9 Å². The number of halogens is 1. The molecular weight excluding hydrogens is 522 g/mol. The van der Waals surface area contributed by atoms with Gasteiger partial charge in [0.15, 0.2) is 5.82 Å². The first-order chi connectivity index (χ1) is 18.7. The fourth-order valence-corrected chi connectivity index (χ4v) is 4.66. The number of anilines is 2. The number of rotatable bonds is 6. The monoisotopic (exact) mass is 555 g/mol. The number of carbonyl (C=O) groups excluding carboxylic acids is 2. The molecule has 2 amide bonds. The maximum absolute atomic E-state index is 11.6. The van der Waals surface area contributed by atoms with Gasteiger partial charge in [-0.25, -0.2) is 0 Å². The highest BCUT2D eigenvalue weighted by Crippen LogP contribution is 2.32. The van der Waals surface area contributed by atoms with Gasteiger partial charge in [0, 0.05) is 43.2 Å². The molecule has 0 bridgehead atoms. The molecule has 0 radical (unpaired) electrons. The number of hydrogen-bond acceptors (Lipinski definition) is 8. The summed E-state index contributed by atoms with van der Waals surface area (Å²) in [7, 11) is 3.29. The van der Waals surface area contributed by atoms with Crippen molar-refractivity contribution in [3.8, 4) is 11.8 Å². The zero-order valence-electron chi connectivity index (χ0n) is 22.1. The number of amides is 2. The third kappa shape index (κ3) is 7.11. The third-order valence-electron chi connectivity index (χ3n) is 6.37. The van der Waals surface area contributed by atoms with Crippen LogP contribution in [0.3, 0.4) is 0 Å². The van der Waals surface area contributed by atoms with Crippen LogP contribution in [-0.2, 0) is 14.3 Å². The number of primary amides is 1. The SMILES string of the molecule is C=CC(=O)N1CCCC1COC.CNc1n[nH]c(C#Cc2cc(N)c(C3=C(N)COCC3)cc2Cl)c1C(N)=O. The van der Waals surface area contributed by atoms with Crippen LogP contribution in [-0.4, -0.2) is 73.5 Å². The summed E-state index contributed by atoms with van der Waals surface area (Å²) in [5.74, 6) is 5.45. The number of benzene rings is 1. The van der Waals surface area contributed by atoms with Gasteiger partial charge in [0.05, 0.1) is 30.9 Å². The molecule has 2 aliphatic heterocycles. The summed E-state index contributed by atoms with van der Waals surface area (Å²) in [6.07, 6.45) is 4.16. The first-order valence-corrected chi connectivity index (χ1v) is 12.7. The summed E-state index contributed by atoms with van der Waals surface area (Å²) < 4.78 is 10.3. The topological polar surface area (TPSA) is 175 Å². The Labute approximate surface area is 232 Å². The first kappa shape index (κ1) is 29.6. The molecule has 3 heterocycles. The van der Waals surface area contributed by atoms with Crippen LogP contribution >= 0.6 is 11.6 Å². The fraction of sp³-hybridized carbons (Fsp3) is 0.370. The predicted octanol–water partition coefficient (Wildman–Crippen LogP) is 2.09. The van der Waals surface area contributed by atoms with Crippen LogP contribution in [0.2, 0.25) is 5.02 Å². The van der Waals surface area contributed by atoms with E-state index in [1.807, 2.05) is 4.90 Å². The molecule has 11 nitrogen and oxygen atoms in total. The Hall–Kier alpha value is -3.98. The molecule has 1 saturated heterocycles. The second-order valence-electron chi connectivity index (χ2n) is 8.90. The van der Waals surface area contributed by atoms with Crippen molar-refractivity contribution in [1.82, 2.24) is 15.1 Å². The Balaban J connectivity index is 0.000000293. The number of methoxy groups -OCH3 is 1. The van der Waals surface area contributed by atoms with Gasteiger partial charge < -0.3 is 36.9 Å². The Morgan fingerprint density at radius 1 is 1.38 bits per heavy atom. The molecule has 2 aliphatic rings. The number of aromatic nitrogens is 2. The van der Waals surface area contributed by atoms with Crippen LogP contribution in [0.25, 0.3) is 5.57 Å². The average Bonchev–Trinajstić information content (AvgIpc) is 3.56. The van der Waals surface area contributed by atoms with Crippen molar-refractivity contribution in [1.29, 1.82) is 0 Å². The minimum absolute atomic E-state index is 0.0227. The van der Waals surface area contributed by atoms with Gasteiger partial charge in [0.1, 0.15) is 11.3 Å². The summed E-state index contributed by atoms with van der Waals surface area (Å²) in [6, 6.07) is 3.69. The zero-order valence-corrected chi connectivity index (χ0v) is 22.9. The summed E-state index contributed by atoms with van der Waals surface area (Å²) in [5, 5.41) is 9.85. The number of H-pyrrole nitrogens is 1. The molecule has 0 aliphatic carbocycles. The van der Waals surface area contributed by atoms with Gasteiger partial charge in [0.25, 0.3) is 5.91 Å². The van der Waals surface area contributed by atoms with E-state index >= 15 is 0 Å². The fourth-order valence-electron chi connectivity index (χ4n) is 4.45. The summed E-state index contributed by atoms with van der Waals surface area (Å²) in [5.41, 5.74) is 21.5. The van der Waals surface area contributed by atoms with Crippen LogP contribution in [0.15, 0.2) is 30.5 Å². The van der Waals surface area contributed by atoms with E-state index in [1.165, 1.54) is 6.08 Å². The second-order valence-corrected chi connectivity index (χ2v) is 9.31. The molecule has 1 unspecified atom stereocenters. The highest BCUT2D eigenvalue weighted by atomic mass is 35.5.